The largest absolute Gasteiger partial charge is 0.392 e. The summed E-state index contributed by atoms with van der Waals surface area (Å²) in [6.07, 6.45) is 1.25. The molecule has 1 nitrogen and oxygen atoms in total. The highest BCUT2D eigenvalue weighted by molar-refractivity contribution is 9.10. The monoisotopic (exact) mass is 298 g/mol. The molecular weight excluding hydrogens is 284 g/mol. The molecule has 0 saturated carbocycles. The highest BCUT2D eigenvalue weighted by Gasteiger charge is 2.04. The standard InChI is InChI=1S/C13H15BrOS/c1-2-3-4-7-12(15)10-16-13-8-5-6-11(14)9-13/h5-6,8-9,12,15H,4,7,10H2,1H3. The maximum atomic E-state index is 9.71. The number of aliphatic hydroxyl groups is 1. The fourth-order valence-corrected chi connectivity index (χ4v) is 2.68. The van der Waals surface area contributed by atoms with E-state index in [-0.39, 0.29) is 6.10 Å². The van der Waals surface area contributed by atoms with Crippen molar-refractivity contribution >= 4 is 27.7 Å². The second kappa shape index (κ2) is 7.78. The molecule has 1 atom stereocenters. The Bertz CT molecular complexity index is 381. The summed E-state index contributed by atoms with van der Waals surface area (Å²) in [5, 5.41) is 9.71. The fraction of sp³-hybridized carbons (Fsp3) is 0.385. The molecule has 0 aliphatic heterocycles. The predicted molar refractivity (Wildman–Crippen MR) is 73.6 cm³/mol. The van der Waals surface area contributed by atoms with Crippen molar-refractivity contribution in [2.75, 3.05) is 5.75 Å². The molecule has 86 valence electrons. The van der Waals surface area contributed by atoms with Crippen molar-refractivity contribution in [3.8, 4) is 11.8 Å². The minimum atomic E-state index is -0.273. The number of hydrogen-bond donors (Lipinski definition) is 1. The SMILES string of the molecule is CC#CCCC(O)CSc1cccc(Br)c1. The van der Waals surface area contributed by atoms with Crippen LogP contribution in [0.15, 0.2) is 33.6 Å². The van der Waals surface area contributed by atoms with Gasteiger partial charge in [0.15, 0.2) is 0 Å². The van der Waals surface area contributed by atoms with Crippen LogP contribution < -0.4 is 0 Å². The Kier molecular flexibility index (Phi) is 6.63. The molecule has 1 N–H and O–H groups in total. The fourth-order valence-electron chi connectivity index (χ4n) is 1.20. The van der Waals surface area contributed by atoms with Gasteiger partial charge >= 0.3 is 0 Å². The highest BCUT2D eigenvalue weighted by atomic mass is 79.9. The van der Waals surface area contributed by atoms with Crippen molar-refractivity contribution < 1.29 is 5.11 Å². The molecule has 0 heterocycles. The molecule has 0 fully saturated rings. The second-order valence-electron chi connectivity index (χ2n) is 3.39. The van der Waals surface area contributed by atoms with E-state index < -0.39 is 0 Å². The van der Waals surface area contributed by atoms with Crippen molar-refractivity contribution in [3.63, 3.8) is 0 Å². The van der Waals surface area contributed by atoms with Crippen LogP contribution in [0.5, 0.6) is 0 Å². The smallest absolute Gasteiger partial charge is 0.0643 e. The molecule has 0 aliphatic rings. The zero-order valence-electron chi connectivity index (χ0n) is 9.24. The minimum Gasteiger partial charge on any atom is -0.392 e. The van der Waals surface area contributed by atoms with E-state index in [0.717, 1.165) is 23.1 Å². The molecule has 0 bridgehead atoms. The number of benzene rings is 1. The third-order valence-corrected chi connectivity index (χ3v) is 3.65. The molecule has 16 heavy (non-hydrogen) atoms. The summed E-state index contributed by atoms with van der Waals surface area (Å²) in [7, 11) is 0. The maximum Gasteiger partial charge on any atom is 0.0643 e. The van der Waals surface area contributed by atoms with Gasteiger partial charge in [-0.05, 0) is 31.5 Å². The summed E-state index contributed by atoms with van der Waals surface area (Å²) in [5.41, 5.74) is 0. The van der Waals surface area contributed by atoms with Crippen LogP contribution in [-0.4, -0.2) is 17.0 Å². The van der Waals surface area contributed by atoms with Crippen LogP contribution in [-0.2, 0) is 0 Å². The van der Waals surface area contributed by atoms with E-state index in [4.69, 9.17) is 0 Å². The van der Waals surface area contributed by atoms with Gasteiger partial charge in [-0.3, -0.25) is 0 Å². The van der Waals surface area contributed by atoms with Gasteiger partial charge in [0.1, 0.15) is 0 Å². The zero-order chi connectivity index (χ0) is 11.8. The summed E-state index contributed by atoms with van der Waals surface area (Å²) in [6, 6.07) is 8.11. The molecule has 1 aromatic rings. The topological polar surface area (TPSA) is 20.2 Å². The van der Waals surface area contributed by atoms with E-state index in [1.165, 1.54) is 4.90 Å². The summed E-state index contributed by atoms with van der Waals surface area (Å²) in [4.78, 5) is 1.18. The van der Waals surface area contributed by atoms with Crippen molar-refractivity contribution in [1.29, 1.82) is 0 Å². The van der Waals surface area contributed by atoms with E-state index in [0.29, 0.717) is 0 Å². The Labute approximate surface area is 110 Å². The Morgan fingerprint density at radius 3 is 3.00 bits per heavy atom. The second-order valence-corrected chi connectivity index (χ2v) is 5.40. The van der Waals surface area contributed by atoms with Crippen LogP contribution in [0.2, 0.25) is 0 Å². The van der Waals surface area contributed by atoms with Crippen molar-refractivity contribution in [3.05, 3.63) is 28.7 Å². The Balaban J connectivity index is 2.30. The minimum absolute atomic E-state index is 0.273. The molecule has 0 saturated heterocycles. The van der Waals surface area contributed by atoms with Gasteiger partial charge in [-0.1, -0.05) is 22.0 Å². The molecule has 0 radical (unpaired) electrons. The lowest BCUT2D eigenvalue weighted by Crippen LogP contribution is -2.08. The van der Waals surface area contributed by atoms with Crippen LogP contribution in [0.25, 0.3) is 0 Å². The molecule has 0 aromatic heterocycles. The summed E-state index contributed by atoms with van der Waals surface area (Å²) < 4.78 is 1.07. The molecule has 0 aliphatic carbocycles. The first-order valence-electron chi connectivity index (χ1n) is 5.18. The number of aliphatic hydroxyl groups excluding tert-OH is 1. The Morgan fingerprint density at radius 1 is 1.50 bits per heavy atom. The molecule has 1 aromatic carbocycles. The van der Waals surface area contributed by atoms with Gasteiger partial charge in [-0.25, -0.2) is 0 Å². The van der Waals surface area contributed by atoms with Crippen LogP contribution in [0.4, 0.5) is 0 Å². The third kappa shape index (κ3) is 5.60. The van der Waals surface area contributed by atoms with E-state index in [2.05, 4.69) is 33.8 Å². The lowest BCUT2D eigenvalue weighted by molar-refractivity contribution is 0.191. The lowest BCUT2D eigenvalue weighted by Gasteiger charge is -2.08. The number of thioether (sulfide) groups is 1. The summed E-state index contributed by atoms with van der Waals surface area (Å²) >= 11 is 5.10. The Hall–Kier alpha value is -0.430. The van der Waals surface area contributed by atoms with Crippen LogP contribution in [0.3, 0.4) is 0 Å². The van der Waals surface area contributed by atoms with Crippen LogP contribution >= 0.6 is 27.7 Å². The van der Waals surface area contributed by atoms with Gasteiger partial charge in [0.25, 0.3) is 0 Å². The normalized spacial score (nSPS) is 11.7. The molecule has 0 spiro atoms. The van der Waals surface area contributed by atoms with Crippen molar-refractivity contribution in [2.45, 2.75) is 30.8 Å². The highest BCUT2D eigenvalue weighted by Crippen LogP contribution is 2.23. The average molecular weight is 299 g/mol. The van der Waals surface area contributed by atoms with E-state index in [1.54, 1.807) is 11.8 Å². The van der Waals surface area contributed by atoms with E-state index >= 15 is 0 Å². The molecular formula is C13H15BrOS. The van der Waals surface area contributed by atoms with Gasteiger partial charge < -0.3 is 5.11 Å². The van der Waals surface area contributed by atoms with Gasteiger partial charge in [-0.2, -0.15) is 0 Å². The number of rotatable bonds is 5. The summed E-state index contributed by atoms with van der Waals surface area (Å²) in [5.74, 6) is 6.51. The first kappa shape index (κ1) is 13.6. The summed E-state index contributed by atoms with van der Waals surface area (Å²) in [6.45, 7) is 1.82. The maximum absolute atomic E-state index is 9.71. The third-order valence-electron chi connectivity index (χ3n) is 2.02. The lowest BCUT2D eigenvalue weighted by atomic mass is 10.2. The molecule has 1 rings (SSSR count). The van der Waals surface area contributed by atoms with Crippen molar-refractivity contribution in [1.82, 2.24) is 0 Å². The quantitative estimate of drug-likeness (QED) is 0.661. The van der Waals surface area contributed by atoms with Crippen molar-refractivity contribution in [2.24, 2.45) is 0 Å². The van der Waals surface area contributed by atoms with Crippen LogP contribution in [0, 0.1) is 11.8 Å². The molecule has 3 heteroatoms. The predicted octanol–water partition coefficient (Wildman–Crippen LogP) is 3.71. The van der Waals surface area contributed by atoms with E-state index in [1.807, 2.05) is 25.1 Å². The van der Waals surface area contributed by atoms with Gasteiger partial charge in [0, 0.05) is 21.5 Å². The molecule has 1 unspecified atom stereocenters. The van der Waals surface area contributed by atoms with E-state index in [9.17, 15) is 5.11 Å². The molecule has 0 amide bonds. The average Bonchev–Trinajstić information content (AvgIpc) is 2.27. The van der Waals surface area contributed by atoms with Crippen LogP contribution in [0.1, 0.15) is 19.8 Å². The first-order chi connectivity index (χ1) is 7.72. The van der Waals surface area contributed by atoms with Gasteiger partial charge in [-0.15, -0.1) is 23.6 Å². The van der Waals surface area contributed by atoms with Gasteiger partial charge in [0.05, 0.1) is 6.10 Å². The zero-order valence-corrected chi connectivity index (χ0v) is 11.6. The number of hydrogen-bond acceptors (Lipinski definition) is 2. The first-order valence-corrected chi connectivity index (χ1v) is 6.96. The van der Waals surface area contributed by atoms with Gasteiger partial charge in [0.2, 0.25) is 0 Å². The Morgan fingerprint density at radius 2 is 2.31 bits per heavy atom. The number of halogens is 1.